The van der Waals surface area contributed by atoms with Gasteiger partial charge in [-0.1, -0.05) is 22.9 Å². The standard InChI is InChI=1S/C8H15BrS/c1-7(5-9)8-3-2-4-10-6-8/h7-8H,2-6H2,1H3. The Hall–Kier alpha value is 0.830. The first-order valence-corrected chi connectivity index (χ1v) is 6.26. The van der Waals surface area contributed by atoms with E-state index in [-0.39, 0.29) is 0 Å². The Morgan fingerprint density at radius 3 is 3.00 bits per heavy atom. The minimum Gasteiger partial charge on any atom is -0.162 e. The Bertz CT molecular complexity index is 89.3. The van der Waals surface area contributed by atoms with Crippen LogP contribution in [0, 0.1) is 11.8 Å². The number of rotatable bonds is 2. The lowest BCUT2D eigenvalue weighted by atomic mass is 9.93. The van der Waals surface area contributed by atoms with Crippen molar-refractivity contribution in [2.75, 3.05) is 16.8 Å². The summed E-state index contributed by atoms with van der Waals surface area (Å²) in [5.41, 5.74) is 0. The molecule has 2 atom stereocenters. The summed E-state index contributed by atoms with van der Waals surface area (Å²) in [4.78, 5) is 0. The molecule has 0 radical (unpaired) electrons. The first-order valence-electron chi connectivity index (χ1n) is 3.98. The summed E-state index contributed by atoms with van der Waals surface area (Å²) in [5, 5.41) is 1.18. The Balaban J connectivity index is 2.24. The molecule has 2 heteroatoms. The molecular weight excluding hydrogens is 208 g/mol. The lowest BCUT2D eigenvalue weighted by Gasteiger charge is -2.25. The van der Waals surface area contributed by atoms with Crippen LogP contribution in [0.2, 0.25) is 0 Å². The first-order chi connectivity index (χ1) is 4.84. The van der Waals surface area contributed by atoms with Gasteiger partial charge in [-0.15, -0.1) is 0 Å². The van der Waals surface area contributed by atoms with Crippen molar-refractivity contribution in [2.24, 2.45) is 11.8 Å². The molecule has 1 aliphatic rings. The van der Waals surface area contributed by atoms with E-state index in [0.29, 0.717) is 0 Å². The maximum absolute atomic E-state index is 3.54. The minimum atomic E-state index is 0.882. The van der Waals surface area contributed by atoms with E-state index >= 15 is 0 Å². The van der Waals surface area contributed by atoms with Crippen LogP contribution in [0.5, 0.6) is 0 Å². The van der Waals surface area contributed by atoms with Gasteiger partial charge in [0.05, 0.1) is 0 Å². The average molecular weight is 223 g/mol. The zero-order valence-corrected chi connectivity index (χ0v) is 8.88. The fourth-order valence-electron chi connectivity index (χ4n) is 1.34. The second-order valence-corrected chi connectivity index (χ2v) is 4.91. The monoisotopic (exact) mass is 222 g/mol. The van der Waals surface area contributed by atoms with Gasteiger partial charge in [0, 0.05) is 5.33 Å². The van der Waals surface area contributed by atoms with Crippen LogP contribution in [0.4, 0.5) is 0 Å². The number of thioether (sulfide) groups is 1. The van der Waals surface area contributed by atoms with Gasteiger partial charge in [-0.2, -0.15) is 11.8 Å². The molecule has 1 saturated heterocycles. The highest BCUT2D eigenvalue weighted by Crippen LogP contribution is 2.29. The molecule has 2 unspecified atom stereocenters. The highest BCUT2D eigenvalue weighted by Gasteiger charge is 2.18. The molecule has 1 fully saturated rings. The van der Waals surface area contributed by atoms with E-state index < -0.39 is 0 Å². The van der Waals surface area contributed by atoms with E-state index in [4.69, 9.17) is 0 Å². The van der Waals surface area contributed by atoms with E-state index in [2.05, 4.69) is 34.6 Å². The van der Waals surface area contributed by atoms with Crippen LogP contribution in [0.15, 0.2) is 0 Å². The average Bonchev–Trinajstić information content (AvgIpc) is 2.05. The zero-order valence-electron chi connectivity index (χ0n) is 6.48. The minimum absolute atomic E-state index is 0.882. The zero-order chi connectivity index (χ0) is 7.40. The Morgan fingerprint density at radius 1 is 1.70 bits per heavy atom. The van der Waals surface area contributed by atoms with Gasteiger partial charge in [-0.05, 0) is 36.2 Å². The molecule has 0 aromatic heterocycles. The molecule has 0 saturated carbocycles. The Labute approximate surface area is 76.3 Å². The van der Waals surface area contributed by atoms with Crippen molar-refractivity contribution in [3.05, 3.63) is 0 Å². The van der Waals surface area contributed by atoms with Crippen LogP contribution in [0.25, 0.3) is 0 Å². The number of halogens is 1. The predicted octanol–water partition coefficient (Wildman–Crippen LogP) is 3.16. The lowest BCUT2D eigenvalue weighted by Crippen LogP contribution is -2.19. The summed E-state index contributed by atoms with van der Waals surface area (Å²) in [6, 6.07) is 0. The fraction of sp³-hybridized carbons (Fsp3) is 1.00. The van der Waals surface area contributed by atoms with E-state index in [9.17, 15) is 0 Å². The third kappa shape index (κ3) is 2.46. The quantitative estimate of drug-likeness (QED) is 0.648. The Kier molecular flexibility index (Phi) is 4.15. The summed E-state index contributed by atoms with van der Waals surface area (Å²) in [6.07, 6.45) is 2.90. The van der Waals surface area contributed by atoms with Crippen molar-refractivity contribution in [3.63, 3.8) is 0 Å². The molecule has 1 heterocycles. The predicted molar refractivity (Wildman–Crippen MR) is 53.0 cm³/mol. The van der Waals surface area contributed by atoms with Crippen molar-refractivity contribution in [1.29, 1.82) is 0 Å². The van der Waals surface area contributed by atoms with Crippen LogP contribution < -0.4 is 0 Å². The molecule has 0 aliphatic carbocycles. The maximum Gasteiger partial charge on any atom is 0.00599 e. The summed E-state index contributed by atoms with van der Waals surface area (Å²) < 4.78 is 0. The molecule has 0 spiro atoms. The molecule has 1 aliphatic heterocycles. The number of hydrogen-bond donors (Lipinski definition) is 0. The highest BCUT2D eigenvalue weighted by molar-refractivity contribution is 9.09. The fourth-order valence-corrected chi connectivity index (χ4v) is 3.20. The molecule has 0 bridgehead atoms. The molecule has 0 N–H and O–H groups in total. The first kappa shape index (κ1) is 8.92. The van der Waals surface area contributed by atoms with E-state index in [1.54, 1.807) is 0 Å². The maximum atomic E-state index is 3.54. The second kappa shape index (κ2) is 4.66. The van der Waals surface area contributed by atoms with Crippen molar-refractivity contribution in [3.8, 4) is 0 Å². The van der Waals surface area contributed by atoms with Crippen molar-refractivity contribution >= 4 is 27.7 Å². The van der Waals surface area contributed by atoms with E-state index in [1.807, 2.05) is 0 Å². The number of hydrogen-bond acceptors (Lipinski definition) is 1. The van der Waals surface area contributed by atoms with Gasteiger partial charge in [0.25, 0.3) is 0 Å². The molecule has 0 aromatic rings. The van der Waals surface area contributed by atoms with Crippen LogP contribution >= 0.6 is 27.7 Å². The molecule has 60 valence electrons. The van der Waals surface area contributed by atoms with Crippen LogP contribution in [-0.2, 0) is 0 Å². The van der Waals surface area contributed by atoms with Crippen LogP contribution in [0.3, 0.4) is 0 Å². The van der Waals surface area contributed by atoms with Crippen molar-refractivity contribution in [1.82, 2.24) is 0 Å². The van der Waals surface area contributed by atoms with Gasteiger partial charge < -0.3 is 0 Å². The molecule has 10 heavy (non-hydrogen) atoms. The SMILES string of the molecule is CC(CBr)C1CCCSC1. The Morgan fingerprint density at radius 2 is 2.50 bits per heavy atom. The molecule has 1 rings (SSSR count). The normalized spacial score (nSPS) is 30.0. The summed E-state index contributed by atoms with van der Waals surface area (Å²) in [6.45, 7) is 2.35. The summed E-state index contributed by atoms with van der Waals surface area (Å²) in [7, 11) is 0. The topological polar surface area (TPSA) is 0 Å². The van der Waals surface area contributed by atoms with E-state index in [0.717, 1.165) is 11.8 Å². The van der Waals surface area contributed by atoms with Gasteiger partial charge in [-0.3, -0.25) is 0 Å². The largest absolute Gasteiger partial charge is 0.162 e. The third-order valence-electron chi connectivity index (χ3n) is 2.24. The summed E-state index contributed by atoms with van der Waals surface area (Å²) in [5.74, 6) is 4.66. The molecular formula is C8H15BrS. The lowest BCUT2D eigenvalue weighted by molar-refractivity contribution is 0.397. The third-order valence-corrected chi connectivity index (χ3v) is 4.51. The molecule has 0 amide bonds. The van der Waals surface area contributed by atoms with Gasteiger partial charge in [0.2, 0.25) is 0 Å². The van der Waals surface area contributed by atoms with Gasteiger partial charge in [-0.25, -0.2) is 0 Å². The van der Waals surface area contributed by atoms with Crippen LogP contribution in [-0.4, -0.2) is 16.8 Å². The van der Waals surface area contributed by atoms with Crippen LogP contribution in [0.1, 0.15) is 19.8 Å². The smallest absolute Gasteiger partial charge is 0.00599 e. The van der Waals surface area contributed by atoms with Crippen molar-refractivity contribution in [2.45, 2.75) is 19.8 Å². The number of alkyl halides is 1. The second-order valence-electron chi connectivity index (χ2n) is 3.11. The van der Waals surface area contributed by atoms with Crippen molar-refractivity contribution < 1.29 is 0 Å². The summed E-state index contributed by atoms with van der Waals surface area (Å²) >= 11 is 5.67. The van der Waals surface area contributed by atoms with Gasteiger partial charge in [0.15, 0.2) is 0 Å². The van der Waals surface area contributed by atoms with E-state index in [1.165, 1.54) is 29.7 Å². The van der Waals surface area contributed by atoms with Gasteiger partial charge in [0.1, 0.15) is 0 Å². The molecule has 0 nitrogen and oxygen atoms in total. The highest BCUT2D eigenvalue weighted by atomic mass is 79.9. The van der Waals surface area contributed by atoms with Gasteiger partial charge >= 0.3 is 0 Å². The molecule has 0 aromatic carbocycles.